The molecule has 0 unspecified atom stereocenters. The summed E-state index contributed by atoms with van der Waals surface area (Å²) < 4.78 is 5.21. The van der Waals surface area contributed by atoms with E-state index in [1.807, 2.05) is 11.0 Å². The summed E-state index contributed by atoms with van der Waals surface area (Å²) in [7, 11) is 0. The molecule has 4 heteroatoms. The number of nitrogens with zero attached hydrogens (tertiary/aromatic N) is 2. The average molecular weight is 298 g/mol. The summed E-state index contributed by atoms with van der Waals surface area (Å²) in [5.74, 6) is 1.33. The van der Waals surface area contributed by atoms with Gasteiger partial charge in [-0.1, -0.05) is 42.4 Å². The van der Waals surface area contributed by atoms with Crippen LogP contribution >= 0.6 is 0 Å². The first-order valence-electron chi connectivity index (χ1n) is 8.05. The monoisotopic (exact) mass is 298 g/mol. The summed E-state index contributed by atoms with van der Waals surface area (Å²) in [6, 6.07) is 12.3. The second kappa shape index (κ2) is 6.77. The topological polar surface area (TPSA) is 46.3 Å². The molecular formula is C18H22N2O2. The lowest BCUT2D eigenvalue weighted by atomic mass is 9.99. The van der Waals surface area contributed by atoms with Crippen molar-refractivity contribution < 1.29 is 9.32 Å². The van der Waals surface area contributed by atoms with E-state index in [0.29, 0.717) is 11.6 Å². The van der Waals surface area contributed by atoms with E-state index in [-0.39, 0.29) is 5.91 Å². The van der Waals surface area contributed by atoms with Crippen molar-refractivity contribution in [3.63, 3.8) is 0 Å². The van der Waals surface area contributed by atoms with Gasteiger partial charge >= 0.3 is 0 Å². The number of aryl methyl sites for hydroxylation is 1. The molecule has 1 aliphatic heterocycles. The Kier molecular flexibility index (Phi) is 4.56. The summed E-state index contributed by atoms with van der Waals surface area (Å²) in [6.45, 7) is 3.70. The van der Waals surface area contributed by atoms with Gasteiger partial charge in [-0.25, -0.2) is 0 Å². The van der Waals surface area contributed by atoms with Gasteiger partial charge in [0.1, 0.15) is 5.76 Å². The molecule has 0 spiro atoms. The fourth-order valence-electron chi connectivity index (χ4n) is 3.07. The maximum Gasteiger partial charge on any atom is 0.276 e. The van der Waals surface area contributed by atoms with Crippen molar-refractivity contribution in [3.8, 4) is 0 Å². The van der Waals surface area contributed by atoms with Gasteiger partial charge in [-0.15, -0.1) is 0 Å². The molecule has 0 N–H and O–H groups in total. The molecule has 1 fully saturated rings. The smallest absolute Gasteiger partial charge is 0.276 e. The van der Waals surface area contributed by atoms with Gasteiger partial charge in [0, 0.05) is 25.6 Å². The normalized spacial score (nSPS) is 17.9. The van der Waals surface area contributed by atoms with E-state index in [2.05, 4.69) is 36.3 Å². The zero-order chi connectivity index (χ0) is 15.4. The van der Waals surface area contributed by atoms with Gasteiger partial charge < -0.3 is 9.42 Å². The SMILES string of the molecule is CCCc1cc(C(=O)N2CC[C@H](Cc3ccccc3)C2)no1. The van der Waals surface area contributed by atoms with E-state index < -0.39 is 0 Å². The third-order valence-electron chi connectivity index (χ3n) is 4.21. The van der Waals surface area contributed by atoms with E-state index in [4.69, 9.17) is 4.52 Å². The quantitative estimate of drug-likeness (QED) is 0.850. The average Bonchev–Trinajstić information content (AvgIpc) is 3.18. The minimum atomic E-state index is 0.00154. The molecule has 1 saturated heterocycles. The minimum Gasteiger partial charge on any atom is -0.361 e. The number of likely N-dealkylation sites (tertiary alicyclic amines) is 1. The summed E-state index contributed by atoms with van der Waals surface area (Å²) >= 11 is 0. The standard InChI is InChI=1S/C18H22N2O2/c1-2-6-16-12-17(19-22-16)18(21)20-10-9-15(13-20)11-14-7-4-3-5-8-14/h3-5,7-8,12,15H,2,6,9-11,13H2,1H3/t15-/m1/s1. The van der Waals surface area contributed by atoms with E-state index in [0.717, 1.165) is 44.5 Å². The Balaban J connectivity index is 1.58. The summed E-state index contributed by atoms with van der Waals surface area (Å²) in [5.41, 5.74) is 1.79. The van der Waals surface area contributed by atoms with Crippen LogP contribution in [0, 0.1) is 5.92 Å². The van der Waals surface area contributed by atoms with Crippen LogP contribution in [0.15, 0.2) is 40.9 Å². The summed E-state index contributed by atoms with van der Waals surface area (Å²) in [5, 5.41) is 3.92. The zero-order valence-corrected chi connectivity index (χ0v) is 13.0. The van der Waals surface area contributed by atoms with E-state index in [1.54, 1.807) is 6.07 Å². The van der Waals surface area contributed by atoms with E-state index in [1.165, 1.54) is 5.56 Å². The van der Waals surface area contributed by atoms with Crippen molar-refractivity contribution >= 4 is 5.91 Å². The van der Waals surface area contributed by atoms with Crippen molar-refractivity contribution in [3.05, 3.63) is 53.4 Å². The molecule has 1 aromatic carbocycles. The van der Waals surface area contributed by atoms with Crippen molar-refractivity contribution in [2.45, 2.75) is 32.6 Å². The number of carbonyl (C=O) groups is 1. The Morgan fingerprint density at radius 2 is 2.18 bits per heavy atom. The van der Waals surface area contributed by atoms with Crippen LogP contribution in [0.4, 0.5) is 0 Å². The van der Waals surface area contributed by atoms with Crippen molar-refractivity contribution in [1.82, 2.24) is 10.1 Å². The fraction of sp³-hybridized carbons (Fsp3) is 0.444. The second-order valence-electron chi connectivity index (χ2n) is 6.02. The molecule has 4 nitrogen and oxygen atoms in total. The van der Waals surface area contributed by atoms with Crippen molar-refractivity contribution in [2.75, 3.05) is 13.1 Å². The number of amides is 1. The lowest BCUT2D eigenvalue weighted by Crippen LogP contribution is -2.29. The van der Waals surface area contributed by atoms with Crippen LogP contribution in [0.25, 0.3) is 0 Å². The van der Waals surface area contributed by atoms with Crippen LogP contribution in [0.3, 0.4) is 0 Å². The third-order valence-corrected chi connectivity index (χ3v) is 4.21. The molecule has 0 radical (unpaired) electrons. The van der Waals surface area contributed by atoms with Gasteiger partial charge in [-0.2, -0.15) is 0 Å². The van der Waals surface area contributed by atoms with Gasteiger partial charge in [0.25, 0.3) is 5.91 Å². The number of rotatable bonds is 5. The van der Waals surface area contributed by atoms with Gasteiger partial charge in [0.05, 0.1) is 0 Å². The predicted molar refractivity (Wildman–Crippen MR) is 84.7 cm³/mol. The first-order valence-corrected chi connectivity index (χ1v) is 8.05. The van der Waals surface area contributed by atoms with Gasteiger partial charge in [0.2, 0.25) is 0 Å². The Hall–Kier alpha value is -2.10. The summed E-state index contributed by atoms with van der Waals surface area (Å²) in [4.78, 5) is 14.4. The van der Waals surface area contributed by atoms with E-state index >= 15 is 0 Å². The molecule has 2 heterocycles. The van der Waals surface area contributed by atoms with E-state index in [9.17, 15) is 4.79 Å². The summed E-state index contributed by atoms with van der Waals surface area (Å²) in [6.07, 6.45) is 3.91. The maximum absolute atomic E-state index is 12.5. The molecule has 1 atom stereocenters. The molecular weight excluding hydrogens is 276 g/mol. The molecule has 1 amide bonds. The molecule has 0 saturated carbocycles. The highest BCUT2D eigenvalue weighted by atomic mass is 16.5. The molecule has 0 aliphatic carbocycles. The molecule has 116 valence electrons. The molecule has 1 aliphatic rings. The first-order chi connectivity index (χ1) is 10.8. The van der Waals surface area contributed by atoms with Gasteiger partial charge in [0.15, 0.2) is 5.69 Å². The Labute approximate surface area is 131 Å². The predicted octanol–water partition coefficient (Wildman–Crippen LogP) is 3.33. The number of benzene rings is 1. The number of hydrogen-bond donors (Lipinski definition) is 0. The zero-order valence-electron chi connectivity index (χ0n) is 13.0. The van der Waals surface area contributed by atoms with Gasteiger partial charge in [-0.05, 0) is 30.7 Å². The first kappa shape index (κ1) is 14.8. The largest absolute Gasteiger partial charge is 0.361 e. The Morgan fingerprint density at radius 3 is 2.95 bits per heavy atom. The minimum absolute atomic E-state index is 0.00154. The fourth-order valence-corrected chi connectivity index (χ4v) is 3.07. The lowest BCUT2D eigenvalue weighted by Gasteiger charge is -2.14. The molecule has 2 aromatic rings. The van der Waals surface area contributed by atoms with Crippen LogP contribution in [0.5, 0.6) is 0 Å². The Morgan fingerprint density at radius 1 is 1.36 bits per heavy atom. The third kappa shape index (κ3) is 3.38. The highest BCUT2D eigenvalue weighted by Crippen LogP contribution is 2.22. The van der Waals surface area contributed by atoms with Crippen LogP contribution in [0.2, 0.25) is 0 Å². The maximum atomic E-state index is 12.5. The van der Waals surface area contributed by atoms with Crippen molar-refractivity contribution in [2.24, 2.45) is 5.92 Å². The van der Waals surface area contributed by atoms with Crippen LogP contribution in [-0.4, -0.2) is 29.1 Å². The van der Waals surface area contributed by atoms with Crippen molar-refractivity contribution in [1.29, 1.82) is 0 Å². The van der Waals surface area contributed by atoms with Crippen LogP contribution in [-0.2, 0) is 12.8 Å². The highest BCUT2D eigenvalue weighted by molar-refractivity contribution is 5.92. The van der Waals surface area contributed by atoms with Crippen LogP contribution in [0.1, 0.15) is 41.6 Å². The number of hydrogen-bond acceptors (Lipinski definition) is 3. The molecule has 1 aromatic heterocycles. The Bertz CT molecular complexity index is 621. The highest BCUT2D eigenvalue weighted by Gasteiger charge is 2.28. The lowest BCUT2D eigenvalue weighted by molar-refractivity contribution is 0.0776. The molecule has 22 heavy (non-hydrogen) atoms. The molecule has 0 bridgehead atoms. The second-order valence-corrected chi connectivity index (χ2v) is 6.02. The number of carbonyl (C=O) groups excluding carboxylic acids is 1. The van der Waals surface area contributed by atoms with Gasteiger partial charge in [-0.3, -0.25) is 4.79 Å². The molecule has 3 rings (SSSR count). The van der Waals surface area contributed by atoms with Crippen LogP contribution < -0.4 is 0 Å². The number of aromatic nitrogens is 1.